The molecule has 0 aliphatic carbocycles. The predicted molar refractivity (Wildman–Crippen MR) is 107 cm³/mol. The van der Waals surface area contributed by atoms with Crippen molar-refractivity contribution in [3.05, 3.63) is 52.7 Å². The number of piperidine rings is 1. The van der Waals surface area contributed by atoms with Gasteiger partial charge in [0.15, 0.2) is 5.82 Å². The van der Waals surface area contributed by atoms with E-state index in [-0.39, 0.29) is 5.56 Å². The van der Waals surface area contributed by atoms with E-state index < -0.39 is 0 Å². The van der Waals surface area contributed by atoms with Crippen molar-refractivity contribution in [2.45, 2.75) is 32.0 Å². The second kappa shape index (κ2) is 7.57. The first-order valence-electron chi connectivity index (χ1n) is 10.1. The van der Waals surface area contributed by atoms with Gasteiger partial charge in [-0.25, -0.2) is 4.98 Å². The lowest BCUT2D eigenvalue weighted by atomic mass is 9.84. The molecular formula is C20H25N7O2. The summed E-state index contributed by atoms with van der Waals surface area (Å²) in [6.07, 6.45) is 6.48. The Morgan fingerprint density at radius 2 is 2.21 bits per heavy atom. The Balaban J connectivity index is 1.48. The maximum Gasteiger partial charge on any atom is 0.261 e. The molecule has 1 N–H and O–H groups in total. The topological polar surface area (TPSA) is 91.8 Å². The van der Waals surface area contributed by atoms with Gasteiger partial charge < -0.3 is 23.8 Å². The molecule has 9 nitrogen and oxygen atoms in total. The third-order valence-corrected chi connectivity index (χ3v) is 6.01. The molecule has 0 saturated carbocycles. The molecule has 2 aliphatic rings. The van der Waals surface area contributed by atoms with Crippen LogP contribution in [0.2, 0.25) is 0 Å². The van der Waals surface area contributed by atoms with Crippen LogP contribution in [-0.4, -0.2) is 55.7 Å². The molecule has 29 heavy (non-hydrogen) atoms. The zero-order chi connectivity index (χ0) is 19.8. The van der Waals surface area contributed by atoms with Gasteiger partial charge in [0.05, 0.1) is 18.7 Å². The Morgan fingerprint density at radius 1 is 1.28 bits per heavy atom. The minimum absolute atomic E-state index is 0.0485. The number of hydrogen-bond acceptors (Lipinski definition) is 6. The monoisotopic (exact) mass is 395 g/mol. The Hall–Kier alpha value is -2.78. The second-order valence-electron chi connectivity index (χ2n) is 7.86. The fourth-order valence-corrected chi connectivity index (χ4v) is 4.57. The van der Waals surface area contributed by atoms with E-state index in [1.165, 1.54) is 0 Å². The molecule has 3 aromatic heterocycles. The van der Waals surface area contributed by atoms with Gasteiger partial charge in [-0.15, -0.1) is 10.2 Å². The summed E-state index contributed by atoms with van der Waals surface area (Å²) >= 11 is 0. The minimum atomic E-state index is 0.0485. The Labute approximate surface area is 168 Å². The summed E-state index contributed by atoms with van der Waals surface area (Å²) in [6.45, 7) is 4.47. The van der Waals surface area contributed by atoms with Crippen LogP contribution in [-0.2, 0) is 24.4 Å². The summed E-state index contributed by atoms with van der Waals surface area (Å²) in [5.74, 6) is 2.41. The first kappa shape index (κ1) is 18.3. The molecule has 3 aromatic rings. The van der Waals surface area contributed by atoms with Gasteiger partial charge in [0.25, 0.3) is 5.56 Å². The van der Waals surface area contributed by atoms with Crippen LogP contribution in [0.5, 0.6) is 0 Å². The Bertz CT molecular complexity index is 1070. The zero-order valence-electron chi connectivity index (χ0n) is 16.5. The maximum absolute atomic E-state index is 13.3. The van der Waals surface area contributed by atoms with E-state index in [1.54, 1.807) is 19.6 Å². The number of pyridine rings is 1. The standard InChI is InChI=1S/C20H25N7O2/c1-29-7-6-26-13-23-24-18(26)12-25-5-4-22-19(25)16-2-3-17-15-8-14(9-21-10-15)11-27(17)20(16)28/h2-5,13-15,21H,6-12H2,1H3/t14-,15+/m0/s1. The van der Waals surface area contributed by atoms with Crippen LogP contribution in [0, 0.1) is 5.92 Å². The van der Waals surface area contributed by atoms with E-state index in [1.807, 2.05) is 26.0 Å². The molecule has 2 atom stereocenters. The molecule has 0 amide bonds. The number of fused-ring (bicyclic) bond motifs is 4. The quantitative estimate of drug-likeness (QED) is 0.661. The average molecular weight is 395 g/mol. The second-order valence-corrected chi connectivity index (χ2v) is 7.86. The summed E-state index contributed by atoms with van der Waals surface area (Å²) in [7, 11) is 1.67. The van der Waals surface area contributed by atoms with Crippen molar-refractivity contribution in [2.24, 2.45) is 5.92 Å². The van der Waals surface area contributed by atoms with Crippen LogP contribution in [0.25, 0.3) is 11.4 Å². The van der Waals surface area contributed by atoms with Crippen molar-refractivity contribution in [1.29, 1.82) is 0 Å². The number of methoxy groups -OCH3 is 1. The van der Waals surface area contributed by atoms with E-state index in [2.05, 4.69) is 26.6 Å². The highest BCUT2D eigenvalue weighted by Crippen LogP contribution is 2.32. The number of nitrogens with zero attached hydrogens (tertiary/aromatic N) is 6. The first-order valence-corrected chi connectivity index (χ1v) is 10.1. The van der Waals surface area contributed by atoms with Gasteiger partial charge >= 0.3 is 0 Å². The number of hydrogen-bond donors (Lipinski definition) is 1. The Morgan fingerprint density at radius 3 is 3.10 bits per heavy atom. The lowest BCUT2D eigenvalue weighted by Crippen LogP contribution is -2.45. The normalized spacial score (nSPS) is 20.6. The molecule has 0 radical (unpaired) electrons. The average Bonchev–Trinajstić information content (AvgIpc) is 3.37. The van der Waals surface area contributed by atoms with Crippen molar-refractivity contribution in [1.82, 2.24) is 34.2 Å². The minimum Gasteiger partial charge on any atom is -0.383 e. The molecule has 9 heteroatoms. The molecule has 1 fully saturated rings. The summed E-state index contributed by atoms with van der Waals surface area (Å²) in [5, 5.41) is 11.7. The summed E-state index contributed by atoms with van der Waals surface area (Å²) in [5.41, 5.74) is 1.82. The predicted octanol–water partition coefficient (Wildman–Crippen LogP) is 0.705. The van der Waals surface area contributed by atoms with E-state index in [9.17, 15) is 4.79 Å². The molecule has 1 saturated heterocycles. The highest BCUT2D eigenvalue weighted by molar-refractivity contribution is 5.55. The van der Waals surface area contributed by atoms with Crippen molar-refractivity contribution in [2.75, 3.05) is 26.8 Å². The maximum atomic E-state index is 13.3. The fraction of sp³-hybridized carbons (Fsp3) is 0.500. The lowest BCUT2D eigenvalue weighted by molar-refractivity contribution is 0.186. The van der Waals surface area contributed by atoms with E-state index >= 15 is 0 Å². The number of imidazole rings is 1. The molecule has 152 valence electrons. The molecule has 5 heterocycles. The number of nitrogens with one attached hydrogen (secondary N) is 1. The highest BCUT2D eigenvalue weighted by atomic mass is 16.5. The van der Waals surface area contributed by atoms with Crippen LogP contribution >= 0.6 is 0 Å². The molecule has 2 bridgehead atoms. The van der Waals surface area contributed by atoms with Crippen LogP contribution in [0.1, 0.15) is 23.9 Å². The van der Waals surface area contributed by atoms with Crippen LogP contribution in [0.4, 0.5) is 0 Å². The van der Waals surface area contributed by atoms with Crippen LogP contribution in [0.3, 0.4) is 0 Å². The van der Waals surface area contributed by atoms with Crippen molar-refractivity contribution in [3.8, 4) is 11.4 Å². The lowest BCUT2D eigenvalue weighted by Gasteiger charge is -2.37. The van der Waals surface area contributed by atoms with Crippen LogP contribution in [0.15, 0.2) is 35.6 Å². The van der Waals surface area contributed by atoms with Gasteiger partial charge in [-0.3, -0.25) is 4.79 Å². The fourth-order valence-electron chi connectivity index (χ4n) is 4.57. The molecular weight excluding hydrogens is 370 g/mol. The summed E-state index contributed by atoms with van der Waals surface area (Å²) in [4.78, 5) is 17.8. The van der Waals surface area contributed by atoms with Crippen molar-refractivity contribution >= 4 is 0 Å². The van der Waals surface area contributed by atoms with Crippen molar-refractivity contribution < 1.29 is 4.74 Å². The number of ether oxygens (including phenoxy) is 1. The van der Waals surface area contributed by atoms with Gasteiger partial charge in [0.2, 0.25) is 0 Å². The SMILES string of the molecule is COCCn1cnnc1Cn1ccnc1-c1ccc2n(c1=O)C[C@@H]1CNC[C@H]2C1. The third-order valence-electron chi connectivity index (χ3n) is 6.01. The molecule has 0 spiro atoms. The molecule has 5 rings (SSSR count). The van der Waals surface area contributed by atoms with Crippen LogP contribution < -0.4 is 10.9 Å². The van der Waals surface area contributed by atoms with Gasteiger partial charge in [-0.05, 0) is 31.0 Å². The zero-order valence-corrected chi connectivity index (χ0v) is 16.5. The smallest absolute Gasteiger partial charge is 0.261 e. The third kappa shape index (κ3) is 3.30. The summed E-state index contributed by atoms with van der Waals surface area (Å²) in [6, 6.07) is 4.03. The molecule has 2 aliphatic heterocycles. The van der Waals surface area contributed by atoms with Gasteiger partial charge in [-0.1, -0.05) is 0 Å². The van der Waals surface area contributed by atoms with Gasteiger partial charge in [0.1, 0.15) is 12.2 Å². The van der Waals surface area contributed by atoms with E-state index in [0.29, 0.717) is 42.9 Å². The van der Waals surface area contributed by atoms with Crippen molar-refractivity contribution in [3.63, 3.8) is 0 Å². The number of aromatic nitrogens is 6. The van der Waals surface area contributed by atoms with E-state index in [0.717, 1.165) is 37.6 Å². The first-order chi connectivity index (χ1) is 14.2. The number of rotatable bonds is 6. The van der Waals surface area contributed by atoms with Gasteiger partial charge in [0, 0.05) is 50.7 Å². The Kier molecular flexibility index (Phi) is 4.76. The largest absolute Gasteiger partial charge is 0.383 e. The molecule has 0 aromatic carbocycles. The highest BCUT2D eigenvalue weighted by Gasteiger charge is 2.31. The molecule has 0 unspecified atom stereocenters. The summed E-state index contributed by atoms with van der Waals surface area (Å²) < 4.78 is 11.0. The van der Waals surface area contributed by atoms with Gasteiger partial charge in [-0.2, -0.15) is 0 Å². The van der Waals surface area contributed by atoms with E-state index in [4.69, 9.17) is 4.74 Å².